The Bertz CT molecular complexity index is 465. The van der Waals surface area contributed by atoms with Crippen LogP contribution in [-0.2, 0) is 9.59 Å². The summed E-state index contributed by atoms with van der Waals surface area (Å²) in [6.45, 7) is 1.74. The van der Waals surface area contributed by atoms with Crippen molar-refractivity contribution in [1.82, 2.24) is 0 Å². The predicted molar refractivity (Wildman–Crippen MR) is 58.9 cm³/mol. The molecule has 0 aromatic heterocycles. The van der Waals surface area contributed by atoms with Crippen molar-refractivity contribution < 1.29 is 32.6 Å². The molecule has 104 valence electrons. The van der Waals surface area contributed by atoms with Gasteiger partial charge in [-0.25, -0.2) is 0 Å². The minimum atomic E-state index is -4.96. The number of carbonyl (C=O) groups excluding carboxylic acids is 1. The van der Waals surface area contributed by atoms with E-state index >= 15 is 0 Å². The number of hydrogen-bond donors (Lipinski definition) is 1. The zero-order chi connectivity index (χ0) is 14.6. The highest BCUT2D eigenvalue weighted by molar-refractivity contribution is 5.97. The molecule has 1 aromatic rings. The number of alkyl halides is 3. The lowest BCUT2D eigenvalue weighted by atomic mass is 10.1. The van der Waals surface area contributed by atoms with E-state index in [2.05, 4.69) is 4.74 Å². The van der Waals surface area contributed by atoms with E-state index in [0.717, 1.165) is 5.56 Å². The molecular formula is C12H11F3O4. The van der Waals surface area contributed by atoms with E-state index in [9.17, 15) is 22.8 Å². The third kappa shape index (κ3) is 4.61. The number of carboxylic acid groups (broad SMARTS) is 1. The average Bonchev–Trinajstić information content (AvgIpc) is 2.25. The smallest absolute Gasteiger partial charge is 0.432 e. The summed E-state index contributed by atoms with van der Waals surface area (Å²) in [4.78, 5) is 21.5. The maximum absolute atomic E-state index is 12.6. The highest BCUT2D eigenvalue weighted by Gasteiger charge is 2.47. The number of halogens is 3. The van der Waals surface area contributed by atoms with Crippen LogP contribution in [0.15, 0.2) is 24.3 Å². The van der Waals surface area contributed by atoms with Gasteiger partial charge >= 0.3 is 12.1 Å². The third-order valence-electron chi connectivity index (χ3n) is 2.19. The highest BCUT2D eigenvalue weighted by Crippen LogP contribution is 2.26. The molecule has 0 spiro atoms. The molecule has 0 fully saturated rings. The third-order valence-corrected chi connectivity index (χ3v) is 2.19. The molecular weight excluding hydrogens is 265 g/mol. The molecule has 0 saturated carbocycles. The minimum Gasteiger partial charge on any atom is -0.481 e. The number of rotatable bonds is 5. The Morgan fingerprint density at radius 1 is 1.26 bits per heavy atom. The molecule has 0 amide bonds. The van der Waals surface area contributed by atoms with Crippen molar-refractivity contribution in [3.8, 4) is 5.75 Å². The number of aryl methyl sites for hydroxylation is 1. The number of ketones is 1. The Morgan fingerprint density at radius 2 is 1.79 bits per heavy atom. The second kappa shape index (κ2) is 5.73. The van der Waals surface area contributed by atoms with Crippen LogP contribution in [0.25, 0.3) is 0 Å². The van der Waals surface area contributed by atoms with Gasteiger partial charge in [0.25, 0.3) is 6.10 Å². The fourth-order valence-electron chi connectivity index (χ4n) is 1.31. The summed E-state index contributed by atoms with van der Waals surface area (Å²) in [6, 6.07) is 5.60. The molecule has 4 nitrogen and oxygen atoms in total. The first kappa shape index (κ1) is 15.0. The van der Waals surface area contributed by atoms with Crippen LogP contribution in [0.2, 0.25) is 0 Å². The van der Waals surface area contributed by atoms with Gasteiger partial charge in [0.1, 0.15) is 12.2 Å². The van der Waals surface area contributed by atoms with Crippen LogP contribution in [0, 0.1) is 6.92 Å². The Balaban J connectivity index is 2.89. The van der Waals surface area contributed by atoms with Crippen LogP contribution >= 0.6 is 0 Å². The van der Waals surface area contributed by atoms with Crippen LogP contribution in [0.5, 0.6) is 5.75 Å². The van der Waals surface area contributed by atoms with Crippen LogP contribution < -0.4 is 4.74 Å². The molecule has 7 heteroatoms. The second-order valence-electron chi connectivity index (χ2n) is 3.89. The van der Waals surface area contributed by atoms with E-state index in [-0.39, 0.29) is 5.75 Å². The van der Waals surface area contributed by atoms with Crippen LogP contribution in [0.4, 0.5) is 13.2 Å². The fraction of sp³-hybridized carbons (Fsp3) is 0.333. The normalized spacial score (nSPS) is 12.8. The second-order valence-corrected chi connectivity index (χ2v) is 3.89. The molecule has 0 radical (unpaired) electrons. The van der Waals surface area contributed by atoms with Gasteiger partial charge in [-0.1, -0.05) is 17.7 Å². The largest absolute Gasteiger partial charge is 0.481 e. The molecule has 1 rings (SSSR count). The number of Topliss-reactive ketones (excluding diaryl/α,β-unsaturated/α-hetero) is 1. The van der Waals surface area contributed by atoms with Gasteiger partial charge in [0, 0.05) is 0 Å². The Kier molecular flexibility index (Phi) is 4.52. The van der Waals surface area contributed by atoms with E-state index in [1.807, 2.05) is 0 Å². The Hall–Kier alpha value is -2.05. The lowest BCUT2D eigenvalue weighted by Crippen LogP contribution is -2.42. The van der Waals surface area contributed by atoms with Gasteiger partial charge in [-0.05, 0) is 19.1 Å². The van der Waals surface area contributed by atoms with Crippen molar-refractivity contribution in [1.29, 1.82) is 0 Å². The standard InChI is InChI=1S/C12H11F3O4/c1-7-2-4-8(5-3-7)19-11(12(13,14)15)9(16)6-10(17)18/h2-5,11H,6H2,1H3,(H,17,18). The first-order valence-corrected chi connectivity index (χ1v) is 5.24. The lowest BCUT2D eigenvalue weighted by molar-refractivity contribution is -0.197. The van der Waals surface area contributed by atoms with E-state index in [1.165, 1.54) is 24.3 Å². The van der Waals surface area contributed by atoms with E-state index in [4.69, 9.17) is 5.11 Å². The van der Waals surface area contributed by atoms with Crippen LogP contribution in [0.3, 0.4) is 0 Å². The summed E-state index contributed by atoms with van der Waals surface area (Å²) in [7, 11) is 0. The van der Waals surface area contributed by atoms with E-state index in [1.54, 1.807) is 6.92 Å². The zero-order valence-corrected chi connectivity index (χ0v) is 9.90. The highest BCUT2D eigenvalue weighted by atomic mass is 19.4. The molecule has 0 aliphatic carbocycles. The van der Waals surface area contributed by atoms with Gasteiger partial charge in [0.2, 0.25) is 0 Å². The van der Waals surface area contributed by atoms with Crippen molar-refractivity contribution in [2.24, 2.45) is 0 Å². The lowest BCUT2D eigenvalue weighted by Gasteiger charge is -2.20. The molecule has 0 saturated heterocycles. The van der Waals surface area contributed by atoms with Gasteiger partial charge in [0.05, 0.1) is 0 Å². The summed E-state index contributed by atoms with van der Waals surface area (Å²) in [5.41, 5.74) is 0.813. The minimum absolute atomic E-state index is 0.147. The first-order valence-electron chi connectivity index (χ1n) is 5.24. The van der Waals surface area contributed by atoms with Crippen molar-refractivity contribution in [3.05, 3.63) is 29.8 Å². The maximum Gasteiger partial charge on any atom is 0.432 e. The first-order chi connectivity index (χ1) is 8.70. The van der Waals surface area contributed by atoms with Crippen molar-refractivity contribution in [2.45, 2.75) is 25.6 Å². The summed E-state index contributed by atoms with van der Waals surface area (Å²) in [5, 5.41) is 8.36. The molecule has 0 bridgehead atoms. The number of carbonyl (C=O) groups is 2. The monoisotopic (exact) mass is 276 g/mol. The Morgan fingerprint density at radius 3 is 2.21 bits per heavy atom. The number of benzene rings is 1. The van der Waals surface area contributed by atoms with Gasteiger partial charge in [-0.2, -0.15) is 13.2 Å². The van der Waals surface area contributed by atoms with E-state index in [0.29, 0.717) is 0 Å². The molecule has 1 atom stereocenters. The fourth-order valence-corrected chi connectivity index (χ4v) is 1.31. The summed E-state index contributed by atoms with van der Waals surface area (Å²) in [5.74, 6) is -3.32. The van der Waals surface area contributed by atoms with Crippen LogP contribution in [0.1, 0.15) is 12.0 Å². The topological polar surface area (TPSA) is 63.6 Å². The van der Waals surface area contributed by atoms with Crippen molar-refractivity contribution >= 4 is 11.8 Å². The summed E-state index contributed by atoms with van der Waals surface area (Å²) in [6.07, 6.45) is -8.97. The van der Waals surface area contributed by atoms with Gasteiger partial charge < -0.3 is 9.84 Å². The molecule has 19 heavy (non-hydrogen) atoms. The van der Waals surface area contributed by atoms with Crippen molar-refractivity contribution in [2.75, 3.05) is 0 Å². The SMILES string of the molecule is Cc1ccc(OC(C(=O)CC(=O)O)C(F)(F)F)cc1. The predicted octanol–water partition coefficient (Wildman–Crippen LogP) is 2.35. The molecule has 0 aliphatic heterocycles. The number of ether oxygens (including phenoxy) is 1. The maximum atomic E-state index is 12.6. The summed E-state index contributed by atoms with van der Waals surface area (Å²) >= 11 is 0. The van der Waals surface area contributed by atoms with Gasteiger partial charge in [-0.3, -0.25) is 9.59 Å². The summed E-state index contributed by atoms with van der Waals surface area (Å²) < 4.78 is 42.5. The Labute approximate surface area is 106 Å². The molecule has 1 aromatic carbocycles. The van der Waals surface area contributed by atoms with Gasteiger partial charge in [-0.15, -0.1) is 0 Å². The molecule has 1 N–H and O–H groups in total. The van der Waals surface area contributed by atoms with E-state index < -0.39 is 30.5 Å². The number of aliphatic carboxylic acids is 1. The molecule has 1 unspecified atom stereocenters. The quantitative estimate of drug-likeness (QED) is 0.838. The molecule has 0 heterocycles. The number of hydrogen-bond acceptors (Lipinski definition) is 3. The van der Waals surface area contributed by atoms with Crippen molar-refractivity contribution in [3.63, 3.8) is 0 Å². The zero-order valence-electron chi connectivity index (χ0n) is 9.90. The van der Waals surface area contributed by atoms with Crippen LogP contribution in [-0.4, -0.2) is 29.1 Å². The number of carboxylic acids is 1. The molecule has 0 aliphatic rings. The van der Waals surface area contributed by atoms with Gasteiger partial charge in [0.15, 0.2) is 5.78 Å². The average molecular weight is 276 g/mol.